The van der Waals surface area contributed by atoms with Gasteiger partial charge >= 0.3 is 6.18 Å². The summed E-state index contributed by atoms with van der Waals surface area (Å²) in [6, 6.07) is 6.25. The number of nitrogens with one attached hydrogen (secondary N) is 1. The fraction of sp³-hybridized carbons (Fsp3) is 0.364. The SMILES string of the molecule is O=C(CC(F)(F)F)NCCc1ccc(O)cc1. The highest BCUT2D eigenvalue weighted by atomic mass is 19.4. The van der Waals surface area contributed by atoms with Gasteiger partial charge in [-0.05, 0) is 24.1 Å². The van der Waals surface area contributed by atoms with Crippen molar-refractivity contribution in [2.24, 2.45) is 0 Å². The Morgan fingerprint density at radius 1 is 1.24 bits per heavy atom. The molecule has 0 saturated heterocycles. The number of carbonyl (C=O) groups excluding carboxylic acids is 1. The monoisotopic (exact) mass is 247 g/mol. The molecule has 1 amide bonds. The Labute approximate surface area is 96.3 Å². The van der Waals surface area contributed by atoms with Crippen LogP contribution in [0.5, 0.6) is 5.75 Å². The zero-order valence-corrected chi connectivity index (χ0v) is 8.92. The van der Waals surface area contributed by atoms with Gasteiger partial charge in [-0.2, -0.15) is 13.2 Å². The number of phenols is 1. The summed E-state index contributed by atoms with van der Waals surface area (Å²) < 4.78 is 35.4. The second kappa shape index (κ2) is 5.56. The van der Waals surface area contributed by atoms with E-state index in [1.165, 1.54) is 12.1 Å². The van der Waals surface area contributed by atoms with Crippen molar-refractivity contribution in [2.75, 3.05) is 6.54 Å². The Morgan fingerprint density at radius 3 is 2.35 bits per heavy atom. The molecule has 6 heteroatoms. The van der Waals surface area contributed by atoms with Crippen LogP contribution >= 0.6 is 0 Å². The van der Waals surface area contributed by atoms with Gasteiger partial charge in [0.25, 0.3) is 0 Å². The number of benzene rings is 1. The first kappa shape index (κ1) is 13.3. The van der Waals surface area contributed by atoms with Crippen LogP contribution in [-0.4, -0.2) is 23.7 Å². The normalized spacial score (nSPS) is 11.2. The highest BCUT2D eigenvalue weighted by molar-refractivity contribution is 5.76. The number of aromatic hydroxyl groups is 1. The van der Waals surface area contributed by atoms with Crippen LogP contribution in [0.15, 0.2) is 24.3 Å². The van der Waals surface area contributed by atoms with Gasteiger partial charge in [0.2, 0.25) is 5.91 Å². The van der Waals surface area contributed by atoms with E-state index in [-0.39, 0.29) is 12.3 Å². The highest BCUT2D eigenvalue weighted by Gasteiger charge is 2.30. The molecule has 0 aliphatic heterocycles. The van der Waals surface area contributed by atoms with E-state index in [9.17, 15) is 18.0 Å². The van der Waals surface area contributed by atoms with Gasteiger partial charge in [0.05, 0.1) is 0 Å². The number of phenolic OH excluding ortho intramolecular Hbond substituents is 1. The Kier molecular flexibility index (Phi) is 4.37. The number of halogens is 3. The Hall–Kier alpha value is -1.72. The van der Waals surface area contributed by atoms with Crippen molar-refractivity contribution in [2.45, 2.75) is 19.0 Å². The molecule has 0 spiro atoms. The van der Waals surface area contributed by atoms with Gasteiger partial charge in [0, 0.05) is 6.54 Å². The molecule has 94 valence electrons. The van der Waals surface area contributed by atoms with E-state index in [2.05, 4.69) is 5.32 Å². The first-order valence-electron chi connectivity index (χ1n) is 4.98. The molecular weight excluding hydrogens is 235 g/mol. The van der Waals surface area contributed by atoms with E-state index in [4.69, 9.17) is 5.11 Å². The molecule has 0 aliphatic rings. The average molecular weight is 247 g/mol. The predicted octanol–water partition coefficient (Wildman–Crippen LogP) is 2.00. The van der Waals surface area contributed by atoms with Crippen molar-refractivity contribution < 1.29 is 23.1 Å². The summed E-state index contributed by atoms with van der Waals surface area (Å²) >= 11 is 0. The van der Waals surface area contributed by atoms with E-state index in [0.717, 1.165) is 5.56 Å². The zero-order chi connectivity index (χ0) is 12.9. The van der Waals surface area contributed by atoms with E-state index in [1.807, 2.05) is 0 Å². The fourth-order valence-electron chi connectivity index (χ4n) is 1.25. The van der Waals surface area contributed by atoms with E-state index in [0.29, 0.717) is 6.42 Å². The largest absolute Gasteiger partial charge is 0.508 e. The lowest BCUT2D eigenvalue weighted by molar-refractivity contribution is -0.153. The number of hydrogen-bond acceptors (Lipinski definition) is 2. The molecular formula is C11H12F3NO2. The van der Waals surface area contributed by atoms with Crippen LogP contribution in [0.25, 0.3) is 0 Å². The maximum absolute atomic E-state index is 11.8. The summed E-state index contributed by atoms with van der Waals surface area (Å²) in [5.74, 6) is -0.911. The molecule has 0 aromatic heterocycles. The summed E-state index contributed by atoms with van der Waals surface area (Å²) in [6.07, 6.45) is -5.50. The van der Waals surface area contributed by atoms with Crippen LogP contribution < -0.4 is 5.32 Å². The number of alkyl halides is 3. The summed E-state index contributed by atoms with van der Waals surface area (Å²) in [7, 11) is 0. The van der Waals surface area contributed by atoms with Crippen LogP contribution in [0.3, 0.4) is 0 Å². The number of rotatable bonds is 4. The number of hydrogen-bond donors (Lipinski definition) is 2. The summed E-state index contributed by atoms with van der Waals surface area (Å²) in [4.78, 5) is 10.8. The van der Waals surface area contributed by atoms with Gasteiger partial charge in [-0.1, -0.05) is 12.1 Å². The number of amides is 1. The third-order valence-corrected chi connectivity index (χ3v) is 2.03. The average Bonchev–Trinajstić information content (AvgIpc) is 2.18. The molecule has 0 unspecified atom stereocenters. The smallest absolute Gasteiger partial charge is 0.397 e. The predicted molar refractivity (Wildman–Crippen MR) is 55.5 cm³/mol. The molecule has 17 heavy (non-hydrogen) atoms. The highest BCUT2D eigenvalue weighted by Crippen LogP contribution is 2.18. The van der Waals surface area contributed by atoms with Crippen molar-refractivity contribution in [3.63, 3.8) is 0 Å². The van der Waals surface area contributed by atoms with Crippen LogP contribution in [-0.2, 0) is 11.2 Å². The molecule has 0 fully saturated rings. The lowest BCUT2D eigenvalue weighted by Gasteiger charge is -2.07. The molecule has 1 rings (SSSR count). The van der Waals surface area contributed by atoms with E-state index >= 15 is 0 Å². The maximum Gasteiger partial charge on any atom is 0.397 e. The molecule has 0 heterocycles. The zero-order valence-electron chi connectivity index (χ0n) is 8.92. The Balaban J connectivity index is 2.28. The second-order valence-electron chi connectivity index (χ2n) is 3.56. The second-order valence-corrected chi connectivity index (χ2v) is 3.56. The van der Waals surface area contributed by atoms with Gasteiger partial charge in [-0.15, -0.1) is 0 Å². The Bertz CT molecular complexity index is 373. The summed E-state index contributed by atoms with van der Waals surface area (Å²) in [5, 5.41) is 11.2. The quantitative estimate of drug-likeness (QED) is 0.855. The summed E-state index contributed by atoms with van der Waals surface area (Å²) in [6.45, 7) is 0.139. The molecule has 1 aromatic carbocycles. The minimum Gasteiger partial charge on any atom is -0.508 e. The number of carbonyl (C=O) groups is 1. The van der Waals surface area contributed by atoms with E-state index < -0.39 is 18.5 Å². The molecule has 1 aromatic rings. The first-order valence-corrected chi connectivity index (χ1v) is 4.98. The molecule has 0 atom stereocenters. The first-order chi connectivity index (χ1) is 7.87. The topological polar surface area (TPSA) is 49.3 Å². The van der Waals surface area contributed by atoms with Crippen LogP contribution in [0, 0.1) is 0 Å². The molecule has 0 saturated carbocycles. The molecule has 0 bridgehead atoms. The van der Waals surface area contributed by atoms with Crippen LogP contribution in [0.4, 0.5) is 13.2 Å². The third-order valence-electron chi connectivity index (χ3n) is 2.03. The molecule has 2 N–H and O–H groups in total. The molecule has 0 radical (unpaired) electrons. The third kappa shape index (κ3) is 5.79. The lowest BCUT2D eigenvalue weighted by Crippen LogP contribution is -2.30. The van der Waals surface area contributed by atoms with Crippen molar-refractivity contribution in [1.82, 2.24) is 5.32 Å². The van der Waals surface area contributed by atoms with Gasteiger partial charge in [-0.3, -0.25) is 4.79 Å². The van der Waals surface area contributed by atoms with Gasteiger partial charge in [0.1, 0.15) is 12.2 Å². The van der Waals surface area contributed by atoms with E-state index in [1.54, 1.807) is 12.1 Å². The van der Waals surface area contributed by atoms with Crippen molar-refractivity contribution in [1.29, 1.82) is 0 Å². The molecule has 0 aliphatic carbocycles. The lowest BCUT2D eigenvalue weighted by atomic mass is 10.1. The van der Waals surface area contributed by atoms with Gasteiger partial charge < -0.3 is 10.4 Å². The van der Waals surface area contributed by atoms with Crippen molar-refractivity contribution >= 4 is 5.91 Å². The van der Waals surface area contributed by atoms with Crippen molar-refractivity contribution in [3.05, 3.63) is 29.8 Å². The standard InChI is InChI=1S/C11H12F3NO2/c12-11(13,14)7-10(17)15-6-5-8-1-3-9(16)4-2-8/h1-4,16H,5-7H2,(H,15,17). The van der Waals surface area contributed by atoms with Gasteiger partial charge in [0.15, 0.2) is 0 Å². The summed E-state index contributed by atoms with van der Waals surface area (Å²) in [5.41, 5.74) is 0.829. The van der Waals surface area contributed by atoms with Crippen molar-refractivity contribution in [3.8, 4) is 5.75 Å². The van der Waals surface area contributed by atoms with Gasteiger partial charge in [-0.25, -0.2) is 0 Å². The Morgan fingerprint density at radius 2 is 1.82 bits per heavy atom. The van der Waals surface area contributed by atoms with Crippen LogP contribution in [0.1, 0.15) is 12.0 Å². The minimum absolute atomic E-state index is 0.120. The minimum atomic E-state index is -4.47. The fourth-order valence-corrected chi connectivity index (χ4v) is 1.25. The molecule has 3 nitrogen and oxygen atoms in total. The maximum atomic E-state index is 11.8. The van der Waals surface area contributed by atoms with Crippen LogP contribution in [0.2, 0.25) is 0 Å².